The number of aryl methyl sites for hydroxylation is 2. The van der Waals surface area contributed by atoms with E-state index in [2.05, 4.69) is 0 Å². The van der Waals surface area contributed by atoms with Crippen molar-refractivity contribution in [3.05, 3.63) is 23.3 Å². The van der Waals surface area contributed by atoms with E-state index in [1.165, 1.54) is 4.31 Å². The number of hydrogen-bond acceptors (Lipinski definition) is 5. The quantitative estimate of drug-likeness (QED) is 0.800. The fourth-order valence-electron chi connectivity index (χ4n) is 3.00. The van der Waals surface area contributed by atoms with Crippen LogP contribution in [0.25, 0.3) is 0 Å². The van der Waals surface area contributed by atoms with E-state index in [-0.39, 0.29) is 13.1 Å². The summed E-state index contributed by atoms with van der Waals surface area (Å²) in [7, 11) is -2.08. The molecule has 8 heteroatoms. The first-order valence-electron chi connectivity index (χ1n) is 8.59. The molecule has 1 amide bonds. The molecule has 2 rings (SSSR count). The maximum Gasteiger partial charge on any atom is 0.410 e. The fraction of sp³-hybridized carbons (Fsp3) is 0.611. The van der Waals surface area contributed by atoms with Crippen LogP contribution in [0.3, 0.4) is 0 Å². The van der Waals surface area contributed by atoms with Crippen molar-refractivity contribution in [3.8, 4) is 5.75 Å². The summed E-state index contributed by atoms with van der Waals surface area (Å²) in [5.41, 5.74) is 0.727. The average molecular weight is 384 g/mol. The van der Waals surface area contributed by atoms with Gasteiger partial charge in [0.2, 0.25) is 10.0 Å². The Labute approximate surface area is 155 Å². The van der Waals surface area contributed by atoms with Crippen molar-refractivity contribution in [1.82, 2.24) is 9.21 Å². The number of ether oxygens (including phenoxy) is 2. The molecule has 0 N–H and O–H groups in total. The number of carbonyl (C=O) groups is 1. The standard InChI is InChI=1S/C18H28N2O5S/c1-13-11-15(24-6)12-14(2)16(13)26(22,23)20-9-7-19(8-10-20)17(21)25-18(3,4)5/h11-12H,7-10H2,1-6H3. The van der Waals surface area contributed by atoms with Gasteiger partial charge in [-0.1, -0.05) is 0 Å². The molecule has 0 atom stereocenters. The fourth-order valence-corrected chi connectivity index (χ4v) is 4.84. The molecule has 1 aromatic carbocycles. The van der Waals surface area contributed by atoms with Gasteiger partial charge in [0, 0.05) is 26.2 Å². The van der Waals surface area contributed by atoms with Gasteiger partial charge in [0.25, 0.3) is 0 Å². The highest BCUT2D eigenvalue weighted by atomic mass is 32.2. The molecule has 146 valence electrons. The molecular formula is C18H28N2O5S. The summed E-state index contributed by atoms with van der Waals surface area (Å²) in [6, 6.07) is 3.44. The number of carbonyl (C=O) groups excluding carboxylic acids is 1. The molecule has 1 fully saturated rings. The molecule has 0 unspecified atom stereocenters. The lowest BCUT2D eigenvalue weighted by Gasteiger charge is -2.35. The van der Waals surface area contributed by atoms with Crippen LogP contribution in [0.2, 0.25) is 0 Å². The maximum atomic E-state index is 13.1. The zero-order chi connectivity index (χ0) is 19.7. The zero-order valence-corrected chi connectivity index (χ0v) is 17.1. The Balaban J connectivity index is 2.15. The van der Waals surface area contributed by atoms with Crippen LogP contribution in [0, 0.1) is 13.8 Å². The summed E-state index contributed by atoms with van der Waals surface area (Å²) < 4.78 is 38.1. The molecule has 0 radical (unpaired) electrons. The van der Waals surface area contributed by atoms with Crippen LogP contribution in [-0.4, -0.2) is 62.6 Å². The minimum Gasteiger partial charge on any atom is -0.497 e. The highest BCUT2D eigenvalue weighted by molar-refractivity contribution is 7.89. The summed E-state index contributed by atoms with van der Waals surface area (Å²) >= 11 is 0. The number of amides is 1. The molecule has 0 bridgehead atoms. The van der Waals surface area contributed by atoms with Crippen LogP contribution in [0.1, 0.15) is 31.9 Å². The SMILES string of the molecule is COc1cc(C)c(S(=O)(=O)N2CCN(C(=O)OC(C)(C)C)CC2)c(C)c1. The van der Waals surface area contributed by atoms with Crippen molar-refractivity contribution in [2.75, 3.05) is 33.3 Å². The second-order valence-corrected chi connectivity index (χ2v) is 9.34. The minimum absolute atomic E-state index is 0.243. The Morgan fingerprint density at radius 2 is 1.54 bits per heavy atom. The van der Waals surface area contributed by atoms with E-state index in [0.717, 1.165) is 0 Å². The summed E-state index contributed by atoms with van der Waals surface area (Å²) in [6.45, 7) is 10.0. The van der Waals surface area contributed by atoms with E-state index in [4.69, 9.17) is 9.47 Å². The van der Waals surface area contributed by atoms with E-state index in [1.807, 2.05) is 0 Å². The third-order valence-electron chi connectivity index (χ3n) is 4.16. The predicted molar refractivity (Wildman–Crippen MR) is 99.0 cm³/mol. The number of methoxy groups -OCH3 is 1. The molecule has 0 aromatic heterocycles. The number of rotatable bonds is 3. The Morgan fingerprint density at radius 1 is 1.04 bits per heavy atom. The Bertz CT molecular complexity index is 752. The Hall–Kier alpha value is -1.80. The second-order valence-electron chi connectivity index (χ2n) is 7.46. The molecule has 26 heavy (non-hydrogen) atoms. The second kappa shape index (κ2) is 7.44. The van der Waals surface area contributed by atoms with Crippen LogP contribution in [0.5, 0.6) is 5.75 Å². The average Bonchev–Trinajstić information content (AvgIpc) is 2.52. The number of benzene rings is 1. The van der Waals surface area contributed by atoms with Crippen LogP contribution in [0.15, 0.2) is 17.0 Å². The topological polar surface area (TPSA) is 76.2 Å². The van der Waals surface area contributed by atoms with Gasteiger partial charge in [-0.15, -0.1) is 0 Å². The van der Waals surface area contributed by atoms with Crippen molar-refractivity contribution < 1.29 is 22.7 Å². The van der Waals surface area contributed by atoms with E-state index >= 15 is 0 Å². The van der Waals surface area contributed by atoms with E-state index in [0.29, 0.717) is 34.9 Å². The monoisotopic (exact) mass is 384 g/mol. The highest BCUT2D eigenvalue weighted by Gasteiger charge is 2.33. The van der Waals surface area contributed by atoms with Crippen molar-refractivity contribution in [1.29, 1.82) is 0 Å². The molecular weight excluding hydrogens is 356 g/mol. The summed E-state index contributed by atoms with van der Waals surface area (Å²) in [5.74, 6) is 0.633. The van der Waals surface area contributed by atoms with E-state index in [9.17, 15) is 13.2 Å². The van der Waals surface area contributed by atoms with Gasteiger partial charge in [-0.2, -0.15) is 4.31 Å². The van der Waals surface area contributed by atoms with Gasteiger partial charge < -0.3 is 14.4 Å². The van der Waals surface area contributed by atoms with Crippen LogP contribution < -0.4 is 4.74 Å². The Kier molecular flexibility index (Phi) is 5.87. The number of sulfonamides is 1. The largest absolute Gasteiger partial charge is 0.497 e. The van der Waals surface area contributed by atoms with Crippen molar-refractivity contribution >= 4 is 16.1 Å². The van der Waals surface area contributed by atoms with E-state index < -0.39 is 21.7 Å². The molecule has 0 spiro atoms. The van der Waals surface area contributed by atoms with Gasteiger partial charge in [0.15, 0.2) is 0 Å². The number of piperazine rings is 1. The van der Waals surface area contributed by atoms with Crippen molar-refractivity contribution in [3.63, 3.8) is 0 Å². The minimum atomic E-state index is -3.63. The first-order chi connectivity index (χ1) is 12.0. The lowest BCUT2D eigenvalue weighted by molar-refractivity contribution is 0.0192. The van der Waals surface area contributed by atoms with Crippen molar-refractivity contribution in [2.24, 2.45) is 0 Å². The van der Waals surface area contributed by atoms with Crippen LogP contribution >= 0.6 is 0 Å². The maximum absolute atomic E-state index is 13.1. The molecule has 0 saturated carbocycles. The van der Waals surface area contributed by atoms with Gasteiger partial charge >= 0.3 is 6.09 Å². The number of nitrogens with zero attached hydrogens (tertiary/aromatic N) is 2. The first-order valence-corrected chi connectivity index (χ1v) is 10.0. The van der Waals surface area contributed by atoms with Crippen LogP contribution in [0.4, 0.5) is 4.79 Å². The molecule has 1 aliphatic rings. The lowest BCUT2D eigenvalue weighted by Crippen LogP contribution is -2.51. The summed E-state index contributed by atoms with van der Waals surface area (Å²) in [6.07, 6.45) is -0.411. The van der Waals surface area contributed by atoms with Gasteiger partial charge in [-0.3, -0.25) is 0 Å². The van der Waals surface area contributed by atoms with Gasteiger partial charge in [-0.25, -0.2) is 13.2 Å². The Morgan fingerprint density at radius 3 is 1.96 bits per heavy atom. The van der Waals surface area contributed by atoms with Crippen molar-refractivity contribution in [2.45, 2.75) is 45.1 Å². The van der Waals surface area contributed by atoms with Gasteiger partial charge in [0.1, 0.15) is 11.4 Å². The third-order valence-corrected chi connectivity index (χ3v) is 6.36. The smallest absolute Gasteiger partial charge is 0.410 e. The molecule has 0 aliphatic carbocycles. The zero-order valence-electron chi connectivity index (χ0n) is 16.3. The predicted octanol–water partition coefficient (Wildman–Crippen LogP) is 2.55. The third kappa shape index (κ3) is 4.48. The first kappa shape index (κ1) is 20.5. The molecule has 1 saturated heterocycles. The van der Waals surface area contributed by atoms with Gasteiger partial charge in [0.05, 0.1) is 12.0 Å². The van der Waals surface area contributed by atoms with Gasteiger partial charge in [-0.05, 0) is 57.9 Å². The summed E-state index contributed by atoms with van der Waals surface area (Å²) in [5, 5.41) is 0. The highest BCUT2D eigenvalue weighted by Crippen LogP contribution is 2.29. The van der Waals surface area contributed by atoms with E-state index in [1.54, 1.807) is 58.8 Å². The number of hydrogen-bond donors (Lipinski definition) is 0. The molecule has 7 nitrogen and oxygen atoms in total. The molecule has 1 aromatic rings. The lowest BCUT2D eigenvalue weighted by atomic mass is 10.1. The normalized spacial score (nSPS) is 16.5. The summed E-state index contributed by atoms with van der Waals surface area (Å²) in [4.78, 5) is 14.0. The van der Waals surface area contributed by atoms with Crippen LogP contribution in [-0.2, 0) is 14.8 Å². The molecule has 1 heterocycles. The molecule has 1 aliphatic heterocycles.